The van der Waals surface area contributed by atoms with E-state index in [9.17, 15) is 9.90 Å². The topological polar surface area (TPSA) is 40.5 Å². The van der Waals surface area contributed by atoms with Gasteiger partial charge in [0.25, 0.3) is 0 Å². The van der Waals surface area contributed by atoms with Crippen LogP contribution >= 0.6 is 15.9 Å². The number of aliphatic hydroxyl groups excluding tert-OH is 1. The van der Waals surface area contributed by atoms with Crippen LogP contribution in [0.2, 0.25) is 0 Å². The second-order valence-corrected chi connectivity index (χ2v) is 5.34. The van der Waals surface area contributed by atoms with Gasteiger partial charge < -0.3 is 10.0 Å². The van der Waals surface area contributed by atoms with Crippen molar-refractivity contribution in [3.8, 4) is 0 Å². The minimum absolute atomic E-state index is 0.106. The van der Waals surface area contributed by atoms with Crippen LogP contribution in [0.25, 0.3) is 0 Å². The number of para-hydroxylation sites is 1. The predicted molar refractivity (Wildman–Crippen MR) is 66.8 cm³/mol. The van der Waals surface area contributed by atoms with Gasteiger partial charge >= 0.3 is 0 Å². The molecule has 86 valence electrons. The number of alkyl halides is 1. The summed E-state index contributed by atoms with van der Waals surface area (Å²) in [6, 6.07) is 7.49. The van der Waals surface area contributed by atoms with Gasteiger partial charge in [0.15, 0.2) is 0 Å². The summed E-state index contributed by atoms with van der Waals surface area (Å²) in [6.45, 7) is 2.38. The summed E-state index contributed by atoms with van der Waals surface area (Å²) in [5.74, 6) is 0.106. The third-order valence-electron chi connectivity index (χ3n) is 2.76. The molecule has 1 aromatic carbocycles. The van der Waals surface area contributed by atoms with E-state index < -0.39 is 6.10 Å². The van der Waals surface area contributed by atoms with Crippen LogP contribution in [-0.4, -0.2) is 22.4 Å². The van der Waals surface area contributed by atoms with Crippen molar-refractivity contribution < 1.29 is 9.90 Å². The van der Waals surface area contributed by atoms with E-state index in [1.165, 1.54) is 0 Å². The first-order chi connectivity index (χ1) is 7.59. The van der Waals surface area contributed by atoms with Crippen LogP contribution in [0.5, 0.6) is 0 Å². The number of aliphatic hydroxyl groups is 1. The standard InChI is InChI=1S/C12H14BrNO2/c1-8(15)10-4-2-3-5-11(10)14-7-9(13)6-12(14)16/h2-5,8-9,15H,6-7H2,1H3. The lowest BCUT2D eigenvalue weighted by atomic mass is 10.1. The highest BCUT2D eigenvalue weighted by atomic mass is 79.9. The molecule has 0 spiro atoms. The Morgan fingerprint density at radius 3 is 2.75 bits per heavy atom. The maximum absolute atomic E-state index is 11.8. The molecule has 0 aliphatic carbocycles. The fourth-order valence-electron chi connectivity index (χ4n) is 1.98. The molecule has 1 saturated heterocycles. The number of nitrogens with zero attached hydrogens (tertiary/aromatic N) is 1. The lowest BCUT2D eigenvalue weighted by Crippen LogP contribution is -2.26. The largest absolute Gasteiger partial charge is 0.389 e. The van der Waals surface area contributed by atoms with Crippen molar-refractivity contribution in [1.29, 1.82) is 0 Å². The third kappa shape index (κ3) is 2.13. The molecular weight excluding hydrogens is 270 g/mol. The lowest BCUT2D eigenvalue weighted by Gasteiger charge is -2.21. The summed E-state index contributed by atoms with van der Waals surface area (Å²) < 4.78 is 0. The van der Waals surface area contributed by atoms with Crippen molar-refractivity contribution in [3.05, 3.63) is 29.8 Å². The number of benzene rings is 1. The van der Waals surface area contributed by atoms with Crippen LogP contribution in [0.4, 0.5) is 5.69 Å². The number of carbonyl (C=O) groups excluding carboxylic acids is 1. The fraction of sp³-hybridized carbons (Fsp3) is 0.417. The smallest absolute Gasteiger partial charge is 0.228 e. The van der Waals surface area contributed by atoms with E-state index in [0.717, 1.165) is 11.3 Å². The molecule has 16 heavy (non-hydrogen) atoms. The highest BCUT2D eigenvalue weighted by Crippen LogP contribution is 2.31. The zero-order valence-electron chi connectivity index (χ0n) is 9.06. The van der Waals surface area contributed by atoms with Gasteiger partial charge in [-0.1, -0.05) is 34.1 Å². The van der Waals surface area contributed by atoms with E-state index in [2.05, 4.69) is 15.9 Å². The SMILES string of the molecule is CC(O)c1ccccc1N1CC(Br)CC1=O. The first-order valence-electron chi connectivity index (χ1n) is 5.31. The average Bonchev–Trinajstić information content (AvgIpc) is 2.57. The molecule has 0 aromatic heterocycles. The average molecular weight is 284 g/mol. The molecule has 1 aromatic rings. The highest BCUT2D eigenvalue weighted by molar-refractivity contribution is 9.09. The summed E-state index contributed by atoms with van der Waals surface area (Å²) in [5.41, 5.74) is 1.63. The van der Waals surface area contributed by atoms with Crippen LogP contribution in [0.3, 0.4) is 0 Å². The number of anilines is 1. The Hall–Kier alpha value is -0.870. The molecule has 3 nitrogen and oxygen atoms in total. The van der Waals surface area contributed by atoms with Gasteiger partial charge in [-0.25, -0.2) is 0 Å². The summed E-state index contributed by atoms with van der Waals surface area (Å²) in [7, 11) is 0. The van der Waals surface area contributed by atoms with Gasteiger partial charge in [-0.05, 0) is 13.0 Å². The van der Waals surface area contributed by atoms with Crippen molar-refractivity contribution in [1.82, 2.24) is 0 Å². The summed E-state index contributed by atoms with van der Waals surface area (Å²) in [4.78, 5) is 13.7. The van der Waals surface area contributed by atoms with Crippen molar-refractivity contribution in [2.24, 2.45) is 0 Å². The van der Waals surface area contributed by atoms with Crippen molar-refractivity contribution in [2.75, 3.05) is 11.4 Å². The van der Waals surface area contributed by atoms with Crippen LogP contribution in [0, 0.1) is 0 Å². The van der Waals surface area contributed by atoms with Crippen LogP contribution in [0.15, 0.2) is 24.3 Å². The van der Waals surface area contributed by atoms with Crippen LogP contribution in [0.1, 0.15) is 25.0 Å². The van der Waals surface area contributed by atoms with Crippen molar-refractivity contribution in [2.45, 2.75) is 24.3 Å². The monoisotopic (exact) mass is 283 g/mol. The molecule has 1 heterocycles. The molecule has 2 unspecified atom stereocenters. The Labute approximate surface area is 103 Å². The van der Waals surface area contributed by atoms with Crippen LogP contribution in [-0.2, 0) is 4.79 Å². The van der Waals surface area contributed by atoms with E-state index in [1.807, 2.05) is 24.3 Å². The molecule has 0 bridgehead atoms. The van der Waals surface area contributed by atoms with Gasteiger partial charge in [0.2, 0.25) is 5.91 Å². The molecule has 1 N–H and O–H groups in total. The van der Waals surface area contributed by atoms with Gasteiger partial charge in [-0.2, -0.15) is 0 Å². The second-order valence-electron chi connectivity index (χ2n) is 4.04. The Morgan fingerprint density at radius 1 is 1.50 bits per heavy atom. The van der Waals surface area contributed by atoms with E-state index >= 15 is 0 Å². The van der Waals surface area contributed by atoms with Gasteiger partial charge in [0, 0.05) is 29.0 Å². The van der Waals surface area contributed by atoms with Gasteiger partial charge in [0.1, 0.15) is 0 Å². The number of rotatable bonds is 2. The summed E-state index contributed by atoms with van der Waals surface area (Å²) >= 11 is 3.45. The zero-order valence-corrected chi connectivity index (χ0v) is 10.6. The molecule has 2 rings (SSSR count). The number of amides is 1. The molecule has 1 aliphatic heterocycles. The second kappa shape index (κ2) is 4.55. The number of halogens is 1. The van der Waals surface area contributed by atoms with E-state index in [1.54, 1.807) is 11.8 Å². The molecule has 4 heteroatoms. The van der Waals surface area contributed by atoms with Crippen molar-refractivity contribution in [3.63, 3.8) is 0 Å². The first-order valence-corrected chi connectivity index (χ1v) is 6.22. The van der Waals surface area contributed by atoms with E-state index in [0.29, 0.717) is 13.0 Å². The molecule has 0 radical (unpaired) electrons. The molecule has 1 fully saturated rings. The normalized spacial score (nSPS) is 22.6. The maximum Gasteiger partial charge on any atom is 0.228 e. The van der Waals surface area contributed by atoms with Crippen LogP contribution < -0.4 is 4.90 Å². The molecular formula is C12H14BrNO2. The Balaban J connectivity index is 2.36. The minimum atomic E-state index is -0.557. The number of hydrogen-bond acceptors (Lipinski definition) is 2. The van der Waals surface area contributed by atoms with Crippen molar-refractivity contribution >= 4 is 27.5 Å². The quantitative estimate of drug-likeness (QED) is 0.846. The van der Waals surface area contributed by atoms with Gasteiger partial charge in [-0.3, -0.25) is 4.79 Å². The Bertz CT molecular complexity index is 406. The molecule has 0 saturated carbocycles. The van der Waals surface area contributed by atoms with E-state index in [-0.39, 0.29) is 10.7 Å². The van der Waals surface area contributed by atoms with Gasteiger partial charge in [0.05, 0.1) is 6.10 Å². The number of carbonyl (C=O) groups is 1. The predicted octanol–water partition coefficient (Wildman–Crippen LogP) is 2.24. The fourth-order valence-corrected chi connectivity index (χ4v) is 2.55. The number of hydrogen-bond donors (Lipinski definition) is 1. The lowest BCUT2D eigenvalue weighted by molar-refractivity contribution is -0.117. The highest BCUT2D eigenvalue weighted by Gasteiger charge is 2.30. The molecule has 1 aliphatic rings. The Morgan fingerprint density at radius 2 is 2.19 bits per heavy atom. The third-order valence-corrected chi connectivity index (χ3v) is 3.37. The zero-order chi connectivity index (χ0) is 11.7. The van der Waals surface area contributed by atoms with E-state index in [4.69, 9.17) is 0 Å². The Kier molecular flexibility index (Phi) is 3.30. The summed E-state index contributed by atoms with van der Waals surface area (Å²) in [5, 5.41) is 9.67. The first kappa shape index (κ1) is 11.6. The molecule has 2 atom stereocenters. The molecule has 1 amide bonds. The summed E-state index contributed by atoms with van der Waals surface area (Å²) in [6.07, 6.45) is -0.0351. The van der Waals surface area contributed by atoms with Gasteiger partial charge in [-0.15, -0.1) is 0 Å². The maximum atomic E-state index is 11.8. The minimum Gasteiger partial charge on any atom is -0.389 e.